The van der Waals surface area contributed by atoms with Gasteiger partial charge in [-0.2, -0.15) is 0 Å². The highest BCUT2D eigenvalue weighted by molar-refractivity contribution is 8.00. The van der Waals surface area contributed by atoms with Crippen molar-refractivity contribution in [2.24, 2.45) is 0 Å². The number of para-hydroxylation sites is 4. The normalized spacial score (nSPS) is 12.5. The number of hydrogen-bond acceptors (Lipinski definition) is 1. The second-order valence-electron chi connectivity index (χ2n) is 13.7. The fourth-order valence-corrected chi connectivity index (χ4v) is 10.1. The second-order valence-corrected chi connectivity index (χ2v) is 14.8. The summed E-state index contributed by atoms with van der Waals surface area (Å²) < 4.78 is 7.39. The highest BCUT2D eigenvalue weighted by atomic mass is 32.2. The van der Waals surface area contributed by atoms with Crippen LogP contribution in [0.15, 0.2) is 186 Å². The molecule has 0 amide bonds. The molecule has 52 heavy (non-hydrogen) atoms. The number of fused-ring (bicyclic) bond motifs is 12. The third kappa shape index (κ3) is 3.71. The topological polar surface area (TPSA) is 14.8 Å². The van der Waals surface area contributed by atoms with Gasteiger partial charge in [0.25, 0.3) is 0 Å². The SMILES string of the molecule is c1ccc(-n2c3ccccc3c3c4cccc5c4n(c32)-c2cccc(-c3ccc(-n4c6ccccc6c6c7ccccc7ccc64)cc3)c2S5)cc1. The lowest BCUT2D eigenvalue weighted by atomic mass is 10.0. The Bertz CT molecular complexity index is 3250. The molecule has 1 aliphatic heterocycles. The van der Waals surface area contributed by atoms with Gasteiger partial charge in [-0.15, -0.1) is 0 Å². The van der Waals surface area contributed by atoms with E-state index in [2.05, 4.69) is 190 Å². The Morgan fingerprint density at radius 2 is 1.04 bits per heavy atom. The molecule has 12 rings (SSSR count). The monoisotopic (exact) mass is 679 g/mol. The molecular weight excluding hydrogens is 651 g/mol. The van der Waals surface area contributed by atoms with Gasteiger partial charge in [0.15, 0.2) is 0 Å². The molecule has 1 aliphatic rings. The Morgan fingerprint density at radius 3 is 1.87 bits per heavy atom. The fraction of sp³-hybridized carbons (Fsp3) is 0. The van der Waals surface area contributed by atoms with Gasteiger partial charge in [-0.1, -0.05) is 133 Å². The molecular formula is C48H29N3S. The average Bonchev–Trinajstić information content (AvgIpc) is 3.85. The number of aromatic nitrogens is 3. The molecule has 0 radical (unpaired) electrons. The summed E-state index contributed by atoms with van der Waals surface area (Å²) in [5, 5.41) is 9.02. The lowest BCUT2D eigenvalue weighted by molar-refractivity contribution is 1.03. The minimum absolute atomic E-state index is 1.16. The molecule has 0 saturated carbocycles. The summed E-state index contributed by atoms with van der Waals surface area (Å²) in [6.45, 7) is 0. The molecule has 4 heterocycles. The van der Waals surface area contributed by atoms with E-state index in [9.17, 15) is 0 Å². The Morgan fingerprint density at radius 1 is 0.385 bits per heavy atom. The van der Waals surface area contributed by atoms with Gasteiger partial charge in [0.05, 0.1) is 27.8 Å². The summed E-state index contributed by atoms with van der Waals surface area (Å²) in [7, 11) is 0. The highest BCUT2D eigenvalue weighted by Gasteiger charge is 2.29. The molecule has 3 nitrogen and oxygen atoms in total. The molecule has 0 unspecified atom stereocenters. The Balaban J connectivity index is 1.07. The summed E-state index contributed by atoms with van der Waals surface area (Å²) in [6, 6.07) is 64.5. The first kappa shape index (κ1) is 28.2. The number of rotatable bonds is 3. The lowest BCUT2D eigenvalue weighted by Gasteiger charge is -2.23. The van der Waals surface area contributed by atoms with Crippen LogP contribution in [0.1, 0.15) is 0 Å². The summed E-state index contributed by atoms with van der Waals surface area (Å²) in [5.41, 5.74) is 12.2. The van der Waals surface area contributed by atoms with E-state index in [-0.39, 0.29) is 0 Å². The summed E-state index contributed by atoms with van der Waals surface area (Å²) in [4.78, 5) is 2.56. The van der Waals surface area contributed by atoms with E-state index in [0.29, 0.717) is 0 Å². The Kier molecular flexibility index (Phi) is 5.71. The van der Waals surface area contributed by atoms with Crippen molar-refractivity contribution in [1.29, 1.82) is 0 Å². The van der Waals surface area contributed by atoms with E-state index in [1.165, 1.54) is 97.7 Å². The molecule has 0 aliphatic carbocycles. The van der Waals surface area contributed by atoms with E-state index < -0.39 is 0 Å². The van der Waals surface area contributed by atoms with Crippen LogP contribution in [0.5, 0.6) is 0 Å². The number of benzene rings is 8. The molecule has 0 bridgehead atoms. The smallest absolute Gasteiger partial charge is 0.131 e. The maximum Gasteiger partial charge on any atom is 0.131 e. The van der Waals surface area contributed by atoms with Crippen molar-refractivity contribution in [3.05, 3.63) is 176 Å². The van der Waals surface area contributed by atoms with Gasteiger partial charge < -0.3 is 4.57 Å². The van der Waals surface area contributed by atoms with Crippen LogP contribution in [-0.2, 0) is 0 Å². The van der Waals surface area contributed by atoms with E-state index in [4.69, 9.17) is 0 Å². The molecule has 0 spiro atoms. The van der Waals surface area contributed by atoms with Crippen LogP contribution in [0.4, 0.5) is 0 Å². The van der Waals surface area contributed by atoms with Crippen LogP contribution in [0.2, 0.25) is 0 Å². The van der Waals surface area contributed by atoms with Crippen molar-refractivity contribution >= 4 is 77.2 Å². The molecule has 0 fully saturated rings. The van der Waals surface area contributed by atoms with Crippen molar-refractivity contribution in [2.75, 3.05) is 0 Å². The van der Waals surface area contributed by atoms with E-state index in [0.717, 1.165) is 5.69 Å². The van der Waals surface area contributed by atoms with E-state index in [1.54, 1.807) is 0 Å². The number of hydrogen-bond donors (Lipinski definition) is 0. The van der Waals surface area contributed by atoms with Gasteiger partial charge in [-0.05, 0) is 76.5 Å². The number of nitrogens with zero attached hydrogens (tertiary/aromatic N) is 3. The molecule has 4 heteroatoms. The summed E-state index contributed by atoms with van der Waals surface area (Å²) in [5.74, 6) is 0. The zero-order valence-corrected chi connectivity index (χ0v) is 28.8. The third-order valence-electron chi connectivity index (χ3n) is 11.0. The highest BCUT2D eigenvalue weighted by Crippen LogP contribution is 2.52. The van der Waals surface area contributed by atoms with Crippen molar-refractivity contribution in [1.82, 2.24) is 13.7 Å². The first-order chi connectivity index (χ1) is 25.8. The average molecular weight is 680 g/mol. The van der Waals surface area contributed by atoms with Crippen molar-refractivity contribution in [3.63, 3.8) is 0 Å². The van der Waals surface area contributed by atoms with Crippen LogP contribution in [0.25, 0.3) is 93.6 Å². The molecule has 0 saturated heterocycles. The summed E-state index contributed by atoms with van der Waals surface area (Å²) in [6.07, 6.45) is 0. The Hall–Kier alpha value is -6.49. The van der Waals surface area contributed by atoms with Gasteiger partial charge in [-0.25, -0.2) is 0 Å². The first-order valence-corrected chi connectivity index (χ1v) is 18.6. The minimum atomic E-state index is 1.16. The first-order valence-electron chi connectivity index (χ1n) is 17.8. The predicted molar refractivity (Wildman–Crippen MR) is 219 cm³/mol. The molecule has 3 aromatic heterocycles. The van der Waals surface area contributed by atoms with E-state index in [1.807, 2.05) is 11.8 Å². The molecule has 242 valence electrons. The van der Waals surface area contributed by atoms with Gasteiger partial charge in [0, 0.05) is 48.1 Å². The maximum absolute atomic E-state index is 2.53. The molecule has 0 atom stereocenters. The van der Waals surface area contributed by atoms with Gasteiger partial charge in [0.1, 0.15) is 5.65 Å². The van der Waals surface area contributed by atoms with E-state index >= 15 is 0 Å². The van der Waals surface area contributed by atoms with Crippen molar-refractivity contribution in [3.8, 4) is 28.2 Å². The van der Waals surface area contributed by atoms with Crippen LogP contribution in [0, 0.1) is 0 Å². The zero-order valence-electron chi connectivity index (χ0n) is 28.0. The lowest BCUT2D eigenvalue weighted by Crippen LogP contribution is -2.06. The quantitative estimate of drug-likeness (QED) is 0.181. The fourth-order valence-electron chi connectivity index (χ4n) is 8.87. The third-order valence-corrected chi connectivity index (χ3v) is 12.2. The molecule has 11 aromatic rings. The Labute approximate surface area is 303 Å². The van der Waals surface area contributed by atoms with Gasteiger partial charge in [0.2, 0.25) is 0 Å². The minimum Gasteiger partial charge on any atom is -0.309 e. The van der Waals surface area contributed by atoms with Crippen LogP contribution >= 0.6 is 11.8 Å². The zero-order chi connectivity index (χ0) is 33.9. The predicted octanol–water partition coefficient (Wildman–Crippen LogP) is 13.1. The van der Waals surface area contributed by atoms with Crippen LogP contribution < -0.4 is 0 Å². The van der Waals surface area contributed by atoms with Gasteiger partial charge >= 0.3 is 0 Å². The second kappa shape index (κ2) is 10.5. The van der Waals surface area contributed by atoms with Crippen LogP contribution in [0.3, 0.4) is 0 Å². The standard InChI is InChI=1S/C48H29N3S/c1-2-13-32(14-3-1)50-40-21-9-7-17-37(40)45-38-19-11-23-43-46(38)51(48(45)50)42-22-10-18-35(47(42)52-43)31-24-27-33(28-25-31)49-39-20-8-6-16-36(39)44-34-15-5-4-12-30(34)26-29-41(44)49/h1-29H. The van der Waals surface area contributed by atoms with Crippen LogP contribution in [-0.4, -0.2) is 13.7 Å². The molecule has 0 N–H and O–H groups in total. The van der Waals surface area contributed by atoms with Crippen molar-refractivity contribution < 1.29 is 0 Å². The summed E-state index contributed by atoms with van der Waals surface area (Å²) >= 11 is 1.89. The van der Waals surface area contributed by atoms with Crippen molar-refractivity contribution in [2.45, 2.75) is 9.79 Å². The van der Waals surface area contributed by atoms with Gasteiger partial charge in [-0.3, -0.25) is 9.13 Å². The largest absolute Gasteiger partial charge is 0.309 e. The maximum atomic E-state index is 2.53. The molecule has 8 aromatic carbocycles.